The van der Waals surface area contributed by atoms with Gasteiger partial charge in [0.2, 0.25) is 5.91 Å². The quantitative estimate of drug-likeness (QED) is 0.0371. The predicted octanol–water partition coefficient (Wildman–Crippen LogP) is 7.46. The van der Waals surface area contributed by atoms with Gasteiger partial charge in [-0.25, -0.2) is 4.57 Å². The van der Waals surface area contributed by atoms with E-state index in [1.807, 2.05) is 27.2 Å². The summed E-state index contributed by atoms with van der Waals surface area (Å²) in [5.41, 5.74) is 0. The number of quaternary nitrogens is 1. The van der Waals surface area contributed by atoms with Crippen LogP contribution in [-0.2, 0) is 18.4 Å². The van der Waals surface area contributed by atoms with Gasteiger partial charge in [0.15, 0.2) is 0 Å². The Morgan fingerprint density at radius 2 is 1.34 bits per heavy atom. The summed E-state index contributed by atoms with van der Waals surface area (Å²) in [4.78, 5) is 22.8. The smallest absolute Gasteiger partial charge is 0.387 e. The lowest BCUT2D eigenvalue weighted by Gasteiger charge is -2.25. The topological polar surface area (TPSA) is 105 Å². The van der Waals surface area contributed by atoms with E-state index in [4.69, 9.17) is 9.05 Å². The first kappa shape index (κ1) is 40.0. The van der Waals surface area contributed by atoms with Crippen molar-refractivity contribution in [3.05, 3.63) is 24.3 Å². The number of nitrogens with one attached hydrogen (secondary N) is 1. The summed E-state index contributed by atoms with van der Waals surface area (Å²) in [5, 5.41) is 13.6. The predicted molar refractivity (Wildman–Crippen MR) is 171 cm³/mol. The van der Waals surface area contributed by atoms with Crippen molar-refractivity contribution < 1.29 is 32.9 Å². The van der Waals surface area contributed by atoms with Crippen LogP contribution < -0.4 is 5.32 Å². The van der Waals surface area contributed by atoms with Gasteiger partial charge in [-0.05, 0) is 32.1 Å². The number of phosphoric ester groups is 1. The van der Waals surface area contributed by atoms with Crippen molar-refractivity contribution in [2.45, 2.75) is 135 Å². The van der Waals surface area contributed by atoms with Crippen LogP contribution in [0, 0.1) is 0 Å². The molecule has 242 valence electrons. The van der Waals surface area contributed by atoms with Gasteiger partial charge in [0.05, 0.1) is 39.9 Å². The van der Waals surface area contributed by atoms with E-state index >= 15 is 0 Å². The van der Waals surface area contributed by atoms with Crippen molar-refractivity contribution >= 4 is 13.7 Å². The molecule has 0 aliphatic carbocycles. The highest BCUT2D eigenvalue weighted by molar-refractivity contribution is 7.47. The third-order valence-corrected chi connectivity index (χ3v) is 7.91. The fourth-order valence-electron chi connectivity index (χ4n) is 4.23. The molecule has 8 nitrogen and oxygen atoms in total. The minimum absolute atomic E-state index is 0.0570. The molecule has 1 amide bonds. The molecule has 0 saturated carbocycles. The van der Waals surface area contributed by atoms with Crippen LogP contribution in [0.1, 0.15) is 123 Å². The number of carbonyl (C=O) groups is 1. The Balaban J connectivity index is 4.72. The SMILES string of the molecule is CCCCCC/C=C/CC/C=C/[C@@H](O)[C@H](COP(=O)(O)OCC[N+](C)(C)C)NC(=O)CCCCCCCCCCC. The van der Waals surface area contributed by atoms with Gasteiger partial charge in [0.1, 0.15) is 13.2 Å². The summed E-state index contributed by atoms with van der Waals surface area (Å²) < 4.78 is 23.3. The molecule has 0 spiro atoms. The van der Waals surface area contributed by atoms with Crippen LogP contribution in [0.25, 0.3) is 0 Å². The highest BCUT2D eigenvalue weighted by Gasteiger charge is 2.27. The molecule has 0 bridgehead atoms. The lowest BCUT2D eigenvalue weighted by Crippen LogP contribution is -2.45. The third-order valence-electron chi connectivity index (χ3n) is 6.92. The van der Waals surface area contributed by atoms with E-state index in [9.17, 15) is 19.4 Å². The molecule has 0 aliphatic heterocycles. The van der Waals surface area contributed by atoms with Crippen LogP contribution in [0.4, 0.5) is 0 Å². The van der Waals surface area contributed by atoms with Gasteiger partial charge in [-0.1, -0.05) is 109 Å². The molecule has 41 heavy (non-hydrogen) atoms. The number of aliphatic hydroxyl groups excluding tert-OH is 1. The molecule has 0 rings (SSSR count). The standard InChI is InChI=1S/C32H63N2O6P/c1-6-8-10-12-14-16-18-19-21-23-25-31(35)30(29-40-41(37,38)39-28-27-34(3,4)5)33-32(36)26-24-22-20-17-15-13-11-9-7-2/h16,18,23,25,30-31,35H,6-15,17,19-22,24,26-29H2,1-5H3,(H-,33,36,37,38)/p+1/b18-16+,25-23+/t30-,31+/m0/s1. The van der Waals surface area contributed by atoms with Crippen molar-refractivity contribution in [2.75, 3.05) is 40.9 Å². The Kier molecular flexibility index (Phi) is 24.8. The molecule has 0 aromatic carbocycles. The minimum atomic E-state index is -4.32. The van der Waals surface area contributed by atoms with Crippen LogP contribution in [0.5, 0.6) is 0 Å². The Labute approximate surface area is 252 Å². The lowest BCUT2D eigenvalue weighted by molar-refractivity contribution is -0.870. The van der Waals surface area contributed by atoms with E-state index in [2.05, 4.69) is 31.3 Å². The van der Waals surface area contributed by atoms with Crippen LogP contribution in [0.15, 0.2) is 24.3 Å². The van der Waals surface area contributed by atoms with Gasteiger partial charge in [-0.15, -0.1) is 0 Å². The van der Waals surface area contributed by atoms with E-state index in [0.29, 0.717) is 17.4 Å². The number of aliphatic hydroxyl groups is 1. The Morgan fingerprint density at radius 3 is 1.95 bits per heavy atom. The number of allylic oxidation sites excluding steroid dienone is 3. The molecule has 3 N–H and O–H groups in total. The van der Waals surface area contributed by atoms with Crippen molar-refractivity contribution in [3.8, 4) is 0 Å². The second kappa shape index (κ2) is 25.5. The fraction of sp³-hybridized carbons (Fsp3) is 0.844. The number of hydrogen-bond acceptors (Lipinski definition) is 5. The number of phosphoric acid groups is 1. The Morgan fingerprint density at radius 1 is 0.805 bits per heavy atom. The highest BCUT2D eigenvalue weighted by Crippen LogP contribution is 2.43. The molecule has 0 fully saturated rings. The van der Waals surface area contributed by atoms with Gasteiger partial charge < -0.3 is 19.8 Å². The largest absolute Gasteiger partial charge is 0.472 e. The number of hydrogen-bond donors (Lipinski definition) is 3. The fourth-order valence-corrected chi connectivity index (χ4v) is 4.97. The van der Waals surface area contributed by atoms with E-state index in [1.54, 1.807) is 6.08 Å². The number of unbranched alkanes of at least 4 members (excludes halogenated alkanes) is 13. The molecule has 0 aromatic heterocycles. The summed E-state index contributed by atoms with van der Waals surface area (Å²) in [6, 6.07) is -0.853. The zero-order chi connectivity index (χ0) is 30.8. The first-order valence-corrected chi connectivity index (χ1v) is 17.7. The van der Waals surface area contributed by atoms with Gasteiger partial charge in [-0.3, -0.25) is 13.8 Å². The summed E-state index contributed by atoms with van der Waals surface area (Å²) >= 11 is 0. The number of amides is 1. The molecule has 0 saturated heterocycles. The zero-order valence-electron chi connectivity index (χ0n) is 27.0. The average Bonchev–Trinajstić information content (AvgIpc) is 2.90. The molecule has 0 aromatic rings. The summed E-state index contributed by atoms with van der Waals surface area (Å²) in [6.45, 7) is 4.69. The van der Waals surface area contributed by atoms with Crippen LogP contribution in [-0.4, -0.2) is 73.4 Å². The second-order valence-electron chi connectivity index (χ2n) is 12.2. The molecule has 1 unspecified atom stereocenters. The maximum atomic E-state index is 12.6. The number of carbonyl (C=O) groups excluding carboxylic acids is 1. The van der Waals surface area contributed by atoms with Crippen LogP contribution in [0.2, 0.25) is 0 Å². The molecule has 0 aliphatic rings. The van der Waals surface area contributed by atoms with Gasteiger partial charge in [0, 0.05) is 6.42 Å². The van der Waals surface area contributed by atoms with Crippen LogP contribution >= 0.6 is 7.82 Å². The summed E-state index contributed by atoms with van der Waals surface area (Å²) in [5.74, 6) is -0.196. The summed E-state index contributed by atoms with van der Waals surface area (Å²) in [6.07, 6.45) is 25.4. The second-order valence-corrected chi connectivity index (χ2v) is 13.6. The van der Waals surface area contributed by atoms with Crippen LogP contribution in [0.3, 0.4) is 0 Å². The Bertz CT molecular complexity index is 738. The average molecular weight is 604 g/mol. The van der Waals surface area contributed by atoms with Gasteiger partial charge in [-0.2, -0.15) is 0 Å². The highest BCUT2D eigenvalue weighted by atomic mass is 31.2. The Hall–Kier alpha value is -1.02. The van der Waals surface area contributed by atoms with Crippen molar-refractivity contribution in [1.29, 1.82) is 0 Å². The molecular weight excluding hydrogens is 539 g/mol. The molecule has 9 heteroatoms. The molecule has 3 atom stereocenters. The number of rotatable bonds is 28. The van der Waals surface area contributed by atoms with E-state index in [1.165, 1.54) is 64.2 Å². The molecule has 0 heterocycles. The maximum Gasteiger partial charge on any atom is 0.472 e. The van der Waals surface area contributed by atoms with Crippen molar-refractivity contribution in [1.82, 2.24) is 5.32 Å². The van der Waals surface area contributed by atoms with E-state index < -0.39 is 20.0 Å². The first-order chi connectivity index (χ1) is 19.5. The minimum Gasteiger partial charge on any atom is -0.387 e. The van der Waals surface area contributed by atoms with Crippen molar-refractivity contribution in [3.63, 3.8) is 0 Å². The zero-order valence-corrected chi connectivity index (χ0v) is 27.9. The summed E-state index contributed by atoms with van der Waals surface area (Å²) in [7, 11) is 1.55. The van der Waals surface area contributed by atoms with Gasteiger partial charge >= 0.3 is 7.82 Å². The maximum absolute atomic E-state index is 12.6. The first-order valence-electron chi connectivity index (χ1n) is 16.2. The number of likely N-dealkylation sites (N-methyl/N-ethyl adjacent to an activating group) is 1. The molecule has 0 radical (unpaired) electrons. The van der Waals surface area contributed by atoms with E-state index in [-0.39, 0.29) is 19.1 Å². The number of nitrogens with zero attached hydrogens (tertiary/aromatic N) is 1. The normalized spacial score (nSPS) is 15.4. The monoisotopic (exact) mass is 603 g/mol. The van der Waals surface area contributed by atoms with Gasteiger partial charge in [0.25, 0.3) is 0 Å². The lowest BCUT2D eigenvalue weighted by atomic mass is 10.1. The molecular formula is C32H64N2O6P+. The van der Waals surface area contributed by atoms with E-state index in [0.717, 1.165) is 38.5 Å². The van der Waals surface area contributed by atoms with Crippen molar-refractivity contribution in [2.24, 2.45) is 0 Å². The third kappa shape index (κ3) is 27.6.